The molecule has 100 valence electrons. The Morgan fingerprint density at radius 2 is 1.30 bits per heavy atom. The van der Waals surface area contributed by atoms with E-state index < -0.39 is 0 Å². The minimum atomic E-state index is 1.18. The molecule has 1 aromatic carbocycles. The van der Waals surface area contributed by atoms with Crippen molar-refractivity contribution in [3.05, 3.63) is 84.4 Å². The molecule has 3 aromatic rings. The maximum absolute atomic E-state index is 4.12. The molecule has 2 nitrogen and oxygen atoms in total. The number of hydrogen-bond donors (Lipinski definition) is 0. The van der Waals surface area contributed by atoms with Crippen molar-refractivity contribution in [2.24, 2.45) is 0 Å². The van der Waals surface area contributed by atoms with Gasteiger partial charge >= 0.3 is 0 Å². The molecule has 0 unspecified atom stereocenters. The van der Waals surface area contributed by atoms with Gasteiger partial charge in [-0.3, -0.25) is 9.97 Å². The van der Waals surface area contributed by atoms with E-state index in [2.05, 4.69) is 48.1 Å². The summed E-state index contributed by atoms with van der Waals surface area (Å²) in [4.78, 5) is 7.91. The molecule has 0 radical (unpaired) electrons. The van der Waals surface area contributed by atoms with Gasteiger partial charge in [-0.15, -0.1) is 0 Å². The summed E-state index contributed by atoms with van der Waals surface area (Å²) < 4.78 is 0. The number of hydrogen-bond acceptors (Lipinski definition) is 2. The average Bonchev–Trinajstić information content (AvgIpc) is 2.50. The second kappa shape index (κ2) is 7.19. The van der Waals surface area contributed by atoms with Gasteiger partial charge in [0, 0.05) is 30.4 Å². The molecule has 0 spiro atoms. The highest BCUT2D eigenvalue weighted by atomic mass is 14.6. The molecule has 3 rings (SSSR count). The van der Waals surface area contributed by atoms with Crippen LogP contribution in [0, 0.1) is 13.8 Å². The molecule has 0 aliphatic heterocycles. The number of pyridine rings is 2. The third-order valence-corrected chi connectivity index (χ3v) is 2.78. The Bertz CT molecular complexity index is 587. The summed E-state index contributed by atoms with van der Waals surface area (Å²) in [5, 5.41) is 0. The Hall–Kier alpha value is -2.48. The van der Waals surface area contributed by atoms with Gasteiger partial charge in [0.1, 0.15) is 0 Å². The van der Waals surface area contributed by atoms with Crippen molar-refractivity contribution in [3.8, 4) is 11.1 Å². The van der Waals surface area contributed by atoms with Crippen LogP contribution < -0.4 is 0 Å². The smallest absolute Gasteiger partial charge is 0.0346 e. The van der Waals surface area contributed by atoms with E-state index >= 15 is 0 Å². The molecule has 0 aliphatic carbocycles. The lowest BCUT2D eigenvalue weighted by atomic mass is 10.0. The van der Waals surface area contributed by atoms with Crippen LogP contribution in [0.5, 0.6) is 0 Å². The molecule has 20 heavy (non-hydrogen) atoms. The topological polar surface area (TPSA) is 25.8 Å². The Balaban J connectivity index is 0.000000205. The molecule has 2 heterocycles. The molecule has 0 fully saturated rings. The van der Waals surface area contributed by atoms with Crippen LogP contribution in [-0.4, -0.2) is 9.97 Å². The van der Waals surface area contributed by atoms with Gasteiger partial charge in [-0.1, -0.05) is 41.5 Å². The lowest BCUT2D eigenvalue weighted by molar-refractivity contribution is 1.32. The average molecular weight is 262 g/mol. The monoisotopic (exact) mass is 262 g/mol. The SMILES string of the molecule is Cc1cc(C)cc(-c2cccnc2)c1.c1ccncc1. The highest BCUT2D eigenvalue weighted by Crippen LogP contribution is 2.20. The molecule has 0 saturated heterocycles. The normalized spacial score (nSPS) is 9.50. The summed E-state index contributed by atoms with van der Waals surface area (Å²) in [6.07, 6.45) is 7.19. The lowest BCUT2D eigenvalue weighted by Crippen LogP contribution is -1.83. The minimum Gasteiger partial charge on any atom is -0.265 e. The molecule has 0 N–H and O–H groups in total. The Morgan fingerprint density at radius 1 is 0.650 bits per heavy atom. The van der Waals surface area contributed by atoms with Crippen LogP contribution in [0.3, 0.4) is 0 Å². The summed E-state index contributed by atoms with van der Waals surface area (Å²) in [7, 11) is 0. The van der Waals surface area contributed by atoms with Crippen LogP contribution in [-0.2, 0) is 0 Å². The molecule has 0 aliphatic rings. The van der Waals surface area contributed by atoms with Gasteiger partial charge in [0.15, 0.2) is 0 Å². The molecule has 0 bridgehead atoms. The van der Waals surface area contributed by atoms with Crippen LogP contribution in [0.2, 0.25) is 0 Å². The fourth-order valence-corrected chi connectivity index (χ4v) is 1.99. The highest BCUT2D eigenvalue weighted by molar-refractivity contribution is 5.63. The molecule has 0 amide bonds. The number of nitrogens with zero attached hydrogens (tertiary/aromatic N) is 2. The van der Waals surface area contributed by atoms with Crippen LogP contribution in [0.15, 0.2) is 73.3 Å². The Morgan fingerprint density at radius 3 is 1.75 bits per heavy atom. The summed E-state index contributed by atoms with van der Waals surface area (Å²) in [5.41, 5.74) is 5.02. The van der Waals surface area contributed by atoms with Crippen molar-refractivity contribution < 1.29 is 0 Å². The van der Waals surface area contributed by atoms with Crippen molar-refractivity contribution in [3.63, 3.8) is 0 Å². The fourth-order valence-electron chi connectivity index (χ4n) is 1.99. The van der Waals surface area contributed by atoms with Gasteiger partial charge < -0.3 is 0 Å². The first-order chi connectivity index (χ1) is 9.75. The zero-order chi connectivity index (χ0) is 14.2. The van der Waals surface area contributed by atoms with Crippen LogP contribution >= 0.6 is 0 Å². The van der Waals surface area contributed by atoms with Crippen molar-refractivity contribution in [2.45, 2.75) is 13.8 Å². The summed E-state index contributed by atoms with van der Waals surface area (Å²) >= 11 is 0. The molecule has 2 aromatic heterocycles. The number of rotatable bonds is 1. The minimum absolute atomic E-state index is 1.18. The van der Waals surface area contributed by atoms with Crippen molar-refractivity contribution in [1.82, 2.24) is 9.97 Å². The Kier molecular flexibility index (Phi) is 5.01. The fraction of sp³-hybridized carbons (Fsp3) is 0.111. The van der Waals surface area contributed by atoms with Crippen molar-refractivity contribution in [2.75, 3.05) is 0 Å². The first kappa shape index (κ1) is 13.9. The zero-order valence-corrected chi connectivity index (χ0v) is 11.8. The van der Waals surface area contributed by atoms with Gasteiger partial charge in [0.05, 0.1) is 0 Å². The lowest BCUT2D eigenvalue weighted by Gasteiger charge is -2.04. The maximum Gasteiger partial charge on any atom is 0.0346 e. The van der Waals surface area contributed by atoms with Gasteiger partial charge in [-0.2, -0.15) is 0 Å². The van der Waals surface area contributed by atoms with E-state index in [1.54, 1.807) is 18.6 Å². The van der Waals surface area contributed by atoms with Crippen molar-refractivity contribution >= 4 is 0 Å². The van der Waals surface area contributed by atoms with E-state index in [9.17, 15) is 0 Å². The molecule has 0 saturated carbocycles. The van der Waals surface area contributed by atoms with Crippen molar-refractivity contribution in [1.29, 1.82) is 0 Å². The van der Waals surface area contributed by atoms with Gasteiger partial charge in [-0.05, 0) is 37.6 Å². The van der Waals surface area contributed by atoms with Crippen LogP contribution in [0.25, 0.3) is 11.1 Å². The predicted octanol–water partition coefficient (Wildman–Crippen LogP) is 4.45. The maximum atomic E-state index is 4.12. The zero-order valence-electron chi connectivity index (χ0n) is 11.8. The predicted molar refractivity (Wildman–Crippen MR) is 83.4 cm³/mol. The largest absolute Gasteiger partial charge is 0.265 e. The number of benzene rings is 1. The second-order valence-corrected chi connectivity index (χ2v) is 4.64. The highest BCUT2D eigenvalue weighted by Gasteiger charge is 1.98. The number of aryl methyl sites for hydroxylation is 2. The van der Waals surface area contributed by atoms with E-state index in [0.29, 0.717) is 0 Å². The number of aromatic nitrogens is 2. The summed E-state index contributed by atoms with van der Waals surface area (Å²) in [6, 6.07) is 16.3. The Labute approximate surface area is 120 Å². The van der Waals surface area contributed by atoms with E-state index in [1.165, 1.54) is 22.3 Å². The van der Waals surface area contributed by atoms with Gasteiger partial charge in [0.2, 0.25) is 0 Å². The molecule has 0 atom stereocenters. The summed E-state index contributed by atoms with van der Waals surface area (Å²) in [6.45, 7) is 4.24. The van der Waals surface area contributed by atoms with Gasteiger partial charge in [0.25, 0.3) is 0 Å². The van der Waals surface area contributed by atoms with Crippen LogP contribution in [0.1, 0.15) is 11.1 Å². The first-order valence-corrected chi connectivity index (χ1v) is 6.59. The quantitative estimate of drug-likeness (QED) is 0.647. The second-order valence-electron chi connectivity index (χ2n) is 4.64. The van der Waals surface area contributed by atoms with E-state index in [-0.39, 0.29) is 0 Å². The first-order valence-electron chi connectivity index (χ1n) is 6.59. The van der Waals surface area contributed by atoms with Crippen LogP contribution in [0.4, 0.5) is 0 Å². The standard InChI is InChI=1S/C13H13N.C5H5N/c1-10-6-11(2)8-13(7-10)12-4-3-5-14-9-12;1-2-4-6-5-3-1/h3-9H,1-2H3;1-5H. The molecular weight excluding hydrogens is 244 g/mol. The van der Waals surface area contributed by atoms with E-state index in [4.69, 9.17) is 0 Å². The van der Waals surface area contributed by atoms with E-state index in [1.807, 2.05) is 30.5 Å². The van der Waals surface area contributed by atoms with Gasteiger partial charge in [-0.25, -0.2) is 0 Å². The summed E-state index contributed by atoms with van der Waals surface area (Å²) in [5.74, 6) is 0. The molecular formula is C18H18N2. The third-order valence-electron chi connectivity index (χ3n) is 2.78. The third kappa shape index (κ3) is 4.32. The van der Waals surface area contributed by atoms with E-state index in [0.717, 1.165) is 0 Å². The molecule has 2 heteroatoms.